The van der Waals surface area contributed by atoms with Gasteiger partial charge in [-0.25, -0.2) is 0 Å². The summed E-state index contributed by atoms with van der Waals surface area (Å²) in [6.45, 7) is 4.40. The Hall–Kier alpha value is -0.570. The lowest BCUT2D eigenvalue weighted by Crippen LogP contribution is -2.31. The van der Waals surface area contributed by atoms with Gasteiger partial charge in [0.2, 0.25) is 0 Å². The van der Waals surface area contributed by atoms with E-state index in [2.05, 4.69) is 13.8 Å². The van der Waals surface area contributed by atoms with Gasteiger partial charge in [0.1, 0.15) is 0 Å². The largest absolute Gasteiger partial charge is 0.481 e. The fraction of sp³-hybridized carbons (Fsp3) is 0.947. The van der Waals surface area contributed by atoms with Crippen molar-refractivity contribution in [2.45, 2.75) is 116 Å². The summed E-state index contributed by atoms with van der Waals surface area (Å²) < 4.78 is 0. The van der Waals surface area contributed by atoms with Crippen LogP contribution in [0.15, 0.2) is 0 Å². The van der Waals surface area contributed by atoms with Crippen LogP contribution in [0.1, 0.15) is 110 Å². The topological polar surface area (TPSA) is 57.5 Å². The van der Waals surface area contributed by atoms with Gasteiger partial charge in [0.25, 0.3) is 0 Å². The highest BCUT2D eigenvalue weighted by Gasteiger charge is 2.28. The molecule has 0 radical (unpaired) electrons. The third-order valence-corrected chi connectivity index (χ3v) is 4.47. The number of aliphatic carboxylic acids is 1. The average molecular weight is 315 g/mol. The third kappa shape index (κ3) is 13.1. The number of hydrogen-bond donors (Lipinski definition) is 2. The van der Waals surface area contributed by atoms with E-state index >= 15 is 0 Å². The molecule has 3 nitrogen and oxygen atoms in total. The van der Waals surface area contributed by atoms with Gasteiger partial charge >= 0.3 is 5.97 Å². The molecule has 0 heterocycles. The van der Waals surface area contributed by atoms with Gasteiger partial charge in [-0.2, -0.15) is 0 Å². The minimum Gasteiger partial charge on any atom is -0.481 e. The first-order chi connectivity index (χ1) is 10.5. The molecule has 0 aromatic heterocycles. The zero-order valence-electron chi connectivity index (χ0n) is 14.9. The highest BCUT2D eigenvalue weighted by Crippen LogP contribution is 2.26. The van der Waals surface area contributed by atoms with Crippen molar-refractivity contribution in [1.82, 2.24) is 0 Å². The van der Waals surface area contributed by atoms with Gasteiger partial charge in [-0.3, -0.25) is 4.79 Å². The van der Waals surface area contributed by atoms with Crippen molar-refractivity contribution in [2.24, 2.45) is 0 Å². The quantitative estimate of drug-likeness (QED) is 0.360. The first-order valence-corrected chi connectivity index (χ1v) is 9.48. The maximum Gasteiger partial charge on any atom is 0.306 e. The van der Waals surface area contributed by atoms with Gasteiger partial charge in [-0.15, -0.1) is 0 Å². The summed E-state index contributed by atoms with van der Waals surface area (Å²) >= 11 is 0. The SMILES string of the molecule is CCCCCCCCCC(O)(CCCCCCC)CC(=O)O. The van der Waals surface area contributed by atoms with Crippen molar-refractivity contribution in [3.8, 4) is 0 Å². The number of unbranched alkanes of at least 4 members (excludes halogenated alkanes) is 10. The highest BCUT2D eigenvalue weighted by atomic mass is 16.4. The van der Waals surface area contributed by atoms with Crippen LogP contribution in [-0.2, 0) is 4.79 Å². The zero-order chi connectivity index (χ0) is 16.7. The Labute approximate surface area is 137 Å². The summed E-state index contributed by atoms with van der Waals surface area (Å²) in [6, 6.07) is 0. The molecule has 0 saturated carbocycles. The van der Waals surface area contributed by atoms with E-state index < -0.39 is 11.6 Å². The maximum atomic E-state index is 11.0. The molecule has 22 heavy (non-hydrogen) atoms. The molecule has 0 aliphatic heterocycles. The molecule has 0 aliphatic carbocycles. The van der Waals surface area contributed by atoms with Crippen molar-refractivity contribution in [2.75, 3.05) is 0 Å². The normalized spacial score (nSPS) is 14.0. The molecule has 0 rings (SSSR count). The van der Waals surface area contributed by atoms with Gasteiger partial charge in [-0.05, 0) is 12.8 Å². The predicted molar refractivity (Wildman–Crippen MR) is 93.2 cm³/mol. The lowest BCUT2D eigenvalue weighted by atomic mass is 9.87. The van der Waals surface area contributed by atoms with Gasteiger partial charge in [0, 0.05) is 0 Å². The Morgan fingerprint density at radius 3 is 1.45 bits per heavy atom. The summed E-state index contributed by atoms with van der Waals surface area (Å²) in [5.41, 5.74) is -0.985. The van der Waals surface area contributed by atoms with E-state index in [-0.39, 0.29) is 6.42 Å². The highest BCUT2D eigenvalue weighted by molar-refractivity contribution is 5.68. The summed E-state index contributed by atoms with van der Waals surface area (Å²) in [5.74, 6) is -0.876. The summed E-state index contributed by atoms with van der Waals surface area (Å²) in [5, 5.41) is 19.6. The lowest BCUT2D eigenvalue weighted by Gasteiger charge is -2.26. The summed E-state index contributed by atoms with van der Waals surface area (Å²) in [4.78, 5) is 11.0. The molecule has 1 atom stereocenters. The number of hydrogen-bond acceptors (Lipinski definition) is 2. The van der Waals surface area contributed by atoms with Crippen molar-refractivity contribution >= 4 is 5.97 Å². The molecule has 3 heteroatoms. The molecule has 2 N–H and O–H groups in total. The van der Waals surface area contributed by atoms with Gasteiger partial charge in [0.15, 0.2) is 0 Å². The Kier molecular flexibility index (Phi) is 13.7. The molecule has 0 bridgehead atoms. The number of aliphatic hydroxyl groups is 1. The van der Waals surface area contributed by atoms with Crippen LogP contribution in [0.25, 0.3) is 0 Å². The molecule has 0 aromatic rings. The number of rotatable bonds is 16. The van der Waals surface area contributed by atoms with Crippen LogP contribution in [0.5, 0.6) is 0 Å². The lowest BCUT2D eigenvalue weighted by molar-refractivity contribution is -0.143. The average Bonchev–Trinajstić information content (AvgIpc) is 2.45. The van der Waals surface area contributed by atoms with Crippen LogP contribution >= 0.6 is 0 Å². The van der Waals surface area contributed by atoms with Gasteiger partial charge in [0.05, 0.1) is 12.0 Å². The third-order valence-electron chi connectivity index (χ3n) is 4.47. The van der Waals surface area contributed by atoms with Crippen LogP contribution in [0.2, 0.25) is 0 Å². The van der Waals surface area contributed by atoms with E-state index in [1.165, 1.54) is 51.4 Å². The molecule has 1 unspecified atom stereocenters. The van der Waals surface area contributed by atoms with Gasteiger partial charge < -0.3 is 10.2 Å². The van der Waals surface area contributed by atoms with E-state index in [1.54, 1.807) is 0 Å². The molecular weight excluding hydrogens is 276 g/mol. The molecule has 0 amide bonds. The summed E-state index contributed by atoms with van der Waals surface area (Å²) in [7, 11) is 0. The number of carboxylic acid groups (broad SMARTS) is 1. The Morgan fingerprint density at radius 1 is 0.727 bits per heavy atom. The Balaban J connectivity index is 3.91. The molecule has 0 fully saturated rings. The second-order valence-electron chi connectivity index (χ2n) is 6.83. The van der Waals surface area contributed by atoms with Crippen LogP contribution in [0.4, 0.5) is 0 Å². The smallest absolute Gasteiger partial charge is 0.306 e. The fourth-order valence-electron chi connectivity index (χ4n) is 3.05. The molecule has 0 aliphatic rings. The van der Waals surface area contributed by atoms with Gasteiger partial charge in [-0.1, -0.05) is 90.9 Å². The first kappa shape index (κ1) is 21.4. The number of carboxylic acids is 1. The number of carbonyl (C=O) groups is 1. The maximum absolute atomic E-state index is 11.0. The molecular formula is C19H38O3. The predicted octanol–water partition coefficient (Wildman–Crippen LogP) is 5.69. The van der Waals surface area contributed by atoms with Crippen LogP contribution in [-0.4, -0.2) is 21.8 Å². The Bertz CT molecular complexity index is 265. The second-order valence-corrected chi connectivity index (χ2v) is 6.83. The van der Waals surface area contributed by atoms with E-state index in [4.69, 9.17) is 5.11 Å². The fourth-order valence-corrected chi connectivity index (χ4v) is 3.05. The minimum absolute atomic E-state index is 0.101. The van der Waals surface area contributed by atoms with E-state index in [9.17, 15) is 9.90 Å². The molecule has 0 aromatic carbocycles. The standard InChI is InChI=1S/C19H38O3/c1-3-5-7-9-10-12-14-16-19(22,17-18(20)21)15-13-11-8-6-4-2/h22H,3-17H2,1-2H3,(H,20,21). The van der Waals surface area contributed by atoms with E-state index in [0.29, 0.717) is 12.8 Å². The first-order valence-electron chi connectivity index (χ1n) is 9.48. The zero-order valence-corrected chi connectivity index (χ0v) is 14.9. The van der Waals surface area contributed by atoms with Crippen LogP contribution in [0, 0.1) is 0 Å². The minimum atomic E-state index is -0.985. The molecule has 0 saturated heterocycles. The van der Waals surface area contributed by atoms with Crippen molar-refractivity contribution in [3.63, 3.8) is 0 Å². The van der Waals surface area contributed by atoms with Crippen molar-refractivity contribution < 1.29 is 15.0 Å². The molecule has 0 spiro atoms. The van der Waals surface area contributed by atoms with Crippen LogP contribution in [0.3, 0.4) is 0 Å². The summed E-state index contributed by atoms with van der Waals surface area (Å²) in [6.07, 6.45) is 15.3. The van der Waals surface area contributed by atoms with E-state index in [0.717, 1.165) is 25.7 Å². The van der Waals surface area contributed by atoms with E-state index in [1.807, 2.05) is 0 Å². The van der Waals surface area contributed by atoms with Crippen LogP contribution < -0.4 is 0 Å². The molecule has 132 valence electrons. The van der Waals surface area contributed by atoms with Crippen molar-refractivity contribution in [3.05, 3.63) is 0 Å². The monoisotopic (exact) mass is 314 g/mol. The Morgan fingerprint density at radius 2 is 1.09 bits per heavy atom. The van der Waals surface area contributed by atoms with Crippen molar-refractivity contribution in [1.29, 1.82) is 0 Å². The second kappa shape index (κ2) is 14.0.